The molecule has 10 heteroatoms. The summed E-state index contributed by atoms with van der Waals surface area (Å²) in [6.07, 6.45) is -7.62. The van der Waals surface area contributed by atoms with Crippen LogP contribution in [-0.4, -0.2) is 23.9 Å². The van der Waals surface area contributed by atoms with Gasteiger partial charge in [0.15, 0.2) is 0 Å². The van der Waals surface area contributed by atoms with Crippen LogP contribution in [0.4, 0.5) is 39.5 Å². The van der Waals surface area contributed by atoms with E-state index in [-0.39, 0.29) is 6.42 Å². The van der Waals surface area contributed by atoms with Gasteiger partial charge in [-0.1, -0.05) is 36.4 Å². The lowest BCUT2D eigenvalue weighted by molar-refractivity contribution is -0.395. The smallest absolute Gasteiger partial charge is 0.199 e. The Bertz CT molecular complexity index is 576. The van der Waals surface area contributed by atoms with Crippen molar-refractivity contribution in [2.45, 2.75) is 36.8 Å². The topological polar surface area (TPSA) is 0 Å². The quantitative estimate of drug-likeness (QED) is 0.329. The summed E-state index contributed by atoms with van der Waals surface area (Å²) in [6, 6.07) is 8.13. The van der Waals surface area contributed by atoms with Gasteiger partial charge in [-0.25, -0.2) is 0 Å². The van der Waals surface area contributed by atoms with Crippen molar-refractivity contribution in [2.24, 2.45) is 0 Å². The lowest BCUT2D eigenvalue weighted by atomic mass is 10.0. The Labute approximate surface area is 144 Å². The van der Waals surface area contributed by atoms with Crippen LogP contribution in [0.25, 0.3) is 0 Å². The fourth-order valence-electron chi connectivity index (χ4n) is 1.65. The molecule has 1 aromatic carbocycles. The summed E-state index contributed by atoms with van der Waals surface area (Å²) < 4.78 is 114. The van der Waals surface area contributed by atoms with Gasteiger partial charge in [0.25, 0.3) is 0 Å². The maximum absolute atomic E-state index is 13.4. The van der Waals surface area contributed by atoms with Crippen molar-refractivity contribution in [3.05, 3.63) is 45.6 Å². The van der Waals surface area contributed by atoms with Crippen molar-refractivity contribution in [3.63, 3.8) is 0 Å². The second-order valence-electron chi connectivity index (χ2n) is 4.87. The highest BCUT2D eigenvalue weighted by Crippen LogP contribution is 2.54. The van der Waals surface area contributed by atoms with Gasteiger partial charge in [0.2, 0.25) is 0 Å². The third kappa shape index (κ3) is 4.37. The average Bonchev–Trinajstić information content (AvgIpc) is 2.44. The van der Waals surface area contributed by atoms with Gasteiger partial charge in [-0.15, -0.1) is 0 Å². The number of hydrogen-bond donors (Lipinski definition) is 0. The van der Waals surface area contributed by atoms with Crippen molar-refractivity contribution in [1.82, 2.24) is 0 Å². The van der Waals surface area contributed by atoms with E-state index >= 15 is 0 Å². The van der Waals surface area contributed by atoms with Crippen LogP contribution >= 0.6 is 22.6 Å². The molecule has 0 saturated carbocycles. The molecule has 24 heavy (non-hydrogen) atoms. The molecule has 0 saturated heterocycles. The Morgan fingerprint density at radius 3 is 1.79 bits per heavy atom. The summed E-state index contributed by atoms with van der Waals surface area (Å²) in [5, 5.41) is 0. The Balaban J connectivity index is 2.95. The molecule has 0 aromatic heterocycles. The molecule has 0 fully saturated rings. The van der Waals surface area contributed by atoms with Crippen molar-refractivity contribution in [2.75, 3.05) is 0 Å². The summed E-state index contributed by atoms with van der Waals surface area (Å²) in [7, 11) is 0. The highest BCUT2D eigenvalue weighted by Gasteiger charge is 2.81. The minimum absolute atomic E-state index is 0.0381. The van der Waals surface area contributed by atoms with Crippen molar-refractivity contribution in [1.29, 1.82) is 0 Å². The average molecular weight is 476 g/mol. The van der Waals surface area contributed by atoms with Crippen LogP contribution in [0.5, 0.6) is 0 Å². The highest BCUT2D eigenvalue weighted by molar-refractivity contribution is 14.1. The van der Waals surface area contributed by atoms with E-state index in [9.17, 15) is 39.5 Å². The van der Waals surface area contributed by atoms with E-state index in [0.717, 1.165) is 6.08 Å². The molecule has 0 unspecified atom stereocenters. The molecule has 0 atom stereocenters. The molecular weight excluding hydrogens is 466 g/mol. The molecule has 136 valence electrons. The monoisotopic (exact) mass is 476 g/mol. The summed E-state index contributed by atoms with van der Waals surface area (Å²) in [5.74, 6) is -19.0. The second-order valence-corrected chi connectivity index (χ2v) is 6.25. The maximum atomic E-state index is 13.4. The maximum Gasteiger partial charge on any atom is 0.460 e. The summed E-state index contributed by atoms with van der Waals surface area (Å²) in [4.78, 5) is 0. The third-order valence-corrected chi connectivity index (χ3v) is 3.82. The summed E-state index contributed by atoms with van der Waals surface area (Å²) in [6.45, 7) is 0. The Kier molecular flexibility index (Phi) is 6.26. The zero-order valence-corrected chi connectivity index (χ0v) is 13.8. The predicted octanol–water partition coefficient (Wildman–Crippen LogP) is 6.41. The van der Waals surface area contributed by atoms with Crippen molar-refractivity contribution >= 4 is 22.6 Å². The standard InChI is InChI=1S/C14H10F9I/c15-11(16,12(17,18)13(19,20)14(21,22)23)8-10(24)7-6-9-4-2-1-3-5-9/h1-5,7H,6,8H2/b10-7-. The first-order valence-electron chi connectivity index (χ1n) is 6.31. The SMILES string of the molecule is FC(F)(F)C(F)(F)C(F)(F)C(F)(F)C/C(I)=C/Cc1ccccc1. The number of allylic oxidation sites excluding steroid dienone is 2. The number of hydrogen-bond acceptors (Lipinski definition) is 0. The van der Waals surface area contributed by atoms with E-state index in [1.165, 1.54) is 22.6 Å². The normalized spacial score (nSPS) is 14.8. The Morgan fingerprint density at radius 1 is 0.833 bits per heavy atom. The third-order valence-electron chi connectivity index (χ3n) is 3.00. The van der Waals surface area contributed by atoms with Crippen LogP contribution < -0.4 is 0 Å². The largest absolute Gasteiger partial charge is 0.460 e. The molecule has 1 rings (SSSR count). The van der Waals surface area contributed by atoms with Gasteiger partial charge < -0.3 is 0 Å². The van der Waals surface area contributed by atoms with Gasteiger partial charge in [-0.3, -0.25) is 0 Å². The molecule has 0 amide bonds. The first-order valence-corrected chi connectivity index (χ1v) is 7.39. The summed E-state index contributed by atoms with van der Waals surface area (Å²) >= 11 is 1.20. The van der Waals surface area contributed by atoms with Crippen LogP contribution in [0.3, 0.4) is 0 Å². The van der Waals surface area contributed by atoms with E-state index in [2.05, 4.69) is 0 Å². The first kappa shape index (κ1) is 21.1. The fourth-order valence-corrected chi connectivity index (χ4v) is 2.34. The van der Waals surface area contributed by atoms with E-state index in [1.807, 2.05) is 0 Å². The van der Waals surface area contributed by atoms with Gasteiger partial charge in [-0.05, 0) is 38.2 Å². The van der Waals surface area contributed by atoms with Gasteiger partial charge >= 0.3 is 23.9 Å². The molecule has 0 aliphatic carbocycles. The van der Waals surface area contributed by atoms with Crippen molar-refractivity contribution < 1.29 is 39.5 Å². The molecule has 0 bridgehead atoms. The zero-order valence-electron chi connectivity index (χ0n) is 11.7. The minimum atomic E-state index is -6.85. The van der Waals surface area contributed by atoms with Gasteiger partial charge in [0.1, 0.15) is 0 Å². The number of alkyl halides is 9. The molecule has 0 heterocycles. The Hall–Kier alpha value is -0.940. The molecule has 0 nitrogen and oxygen atoms in total. The van der Waals surface area contributed by atoms with Crippen LogP contribution in [0.2, 0.25) is 0 Å². The number of benzene rings is 1. The molecular formula is C14H10F9I. The van der Waals surface area contributed by atoms with Crippen LogP contribution in [0.1, 0.15) is 12.0 Å². The number of rotatable bonds is 6. The van der Waals surface area contributed by atoms with E-state index in [0.29, 0.717) is 5.56 Å². The molecule has 0 radical (unpaired) electrons. The first-order chi connectivity index (χ1) is 10.7. The van der Waals surface area contributed by atoms with Crippen LogP contribution in [0, 0.1) is 0 Å². The fraction of sp³-hybridized carbons (Fsp3) is 0.429. The van der Waals surface area contributed by atoms with Crippen LogP contribution in [0.15, 0.2) is 40.0 Å². The lowest BCUT2D eigenvalue weighted by Gasteiger charge is -2.33. The van der Waals surface area contributed by atoms with Gasteiger partial charge in [0.05, 0.1) is 0 Å². The molecule has 1 aromatic rings. The Morgan fingerprint density at radius 2 is 1.33 bits per heavy atom. The molecule has 0 N–H and O–H groups in total. The summed E-state index contributed by atoms with van der Waals surface area (Å²) in [5.41, 5.74) is 0.627. The molecule has 0 aliphatic heterocycles. The van der Waals surface area contributed by atoms with Gasteiger partial charge in [0, 0.05) is 6.42 Å². The second kappa shape index (κ2) is 7.12. The highest BCUT2D eigenvalue weighted by atomic mass is 127. The number of halogens is 10. The van der Waals surface area contributed by atoms with E-state index in [1.54, 1.807) is 30.3 Å². The zero-order chi connectivity index (χ0) is 18.8. The van der Waals surface area contributed by atoms with E-state index in [4.69, 9.17) is 0 Å². The lowest BCUT2D eigenvalue weighted by Crippen LogP contribution is -2.60. The van der Waals surface area contributed by atoms with Gasteiger partial charge in [-0.2, -0.15) is 39.5 Å². The molecule has 0 spiro atoms. The predicted molar refractivity (Wildman–Crippen MR) is 77.8 cm³/mol. The van der Waals surface area contributed by atoms with Crippen LogP contribution in [-0.2, 0) is 6.42 Å². The van der Waals surface area contributed by atoms with Crippen molar-refractivity contribution in [3.8, 4) is 0 Å². The molecule has 0 aliphatic rings. The minimum Gasteiger partial charge on any atom is -0.199 e. The van der Waals surface area contributed by atoms with E-state index < -0.39 is 33.9 Å².